The van der Waals surface area contributed by atoms with E-state index in [1.165, 1.54) is 0 Å². The van der Waals surface area contributed by atoms with Crippen molar-refractivity contribution in [3.63, 3.8) is 0 Å². The van der Waals surface area contributed by atoms with Crippen molar-refractivity contribution in [2.75, 3.05) is 13.2 Å². The zero-order valence-electron chi connectivity index (χ0n) is 8.88. The fourth-order valence-corrected chi connectivity index (χ4v) is 1.61. The summed E-state index contributed by atoms with van der Waals surface area (Å²) in [7, 11) is 0. The van der Waals surface area contributed by atoms with E-state index in [-0.39, 0.29) is 11.6 Å². The SMILES string of the molecule is CC(N)COC1CCOC(C)(C)C1. The molecule has 0 radical (unpaired) electrons. The Hall–Kier alpha value is -0.120. The van der Waals surface area contributed by atoms with Gasteiger partial charge in [-0.05, 0) is 27.2 Å². The van der Waals surface area contributed by atoms with Gasteiger partial charge in [-0.25, -0.2) is 0 Å². The zero-order chi connectivity index (χ0) is 9.90. The summed E-state index contributed by atoms with van der Waals surface area (Å²) in [5.74, 6) is 0. The molecule has 1 rings (SSSR count). The molecule has 3 heteroatoms. The van der Waals surface area contributed by atoms with E-state index in [0.717, 1.165) is 19.4 Å². The molecule has 1 heterocycles. The van der Waals surface area contributed by atoms with Gasteiger partial charge in [0.05, 0.1) is 18.3 Å². The van der Waals surface area contributed by atoms with Crippen LogP contribution >= 0.6 is 0 Å². The van der Waals surface area contributed by atoms with Gasteiger partial charge >= 0.3 is 0 Å². The maximum Gasteiger partial charge on any atom is 0.0651 e. The molecular formula is C10H21NO2. The molecule has 1 fully saturated rings. The van der Waals surface area contributed by atoms with Crippen molar-refractivity contribution < 1.29 is 9.47 Å². The fraction of sp³-hybridized carbons (Fsp3) is 1.00. The molecule has 1 aliphatic heterocycles. The Labute approximate surface area is 80.6 Å². The summed E-state index contributed by atoms with van der Waals surface area (Å²) in [4.78, 5) is 0. The molecule has 1 saturated heterocycles. The molecular weight excluding hydrogens is 166 g/mol. The van der Waals surface area contributed by atoms with Crippen molar-refractivity contribution in [1.29, 1.82) is 0 Å². The third-order valence-electron chi connectivity index (χ3n) is 2.25. The molecule has 13 heavy (non-hydrogen) atoms. The lowest BCUT2D eigenvalue weighted by Crippen LogP contribution is -2.39. The van der Waals surface area contributed by atoms with Crippen molar-refractivity contribution in [3.05, 3.63) is 0 Å². The second-order valence-corrected chi connectivity index (χ2v) is 4.53. The van der Waals surface area contributed by atoms with Crippen LogP contribution in [0.2, 0.25) is 0 Å². The van der Waals surface area contributed by atoms with E-state index >= 15 is 0 Å². The highest BCUT2D eigenvalue weighted by molar-refractivity contribution is 4.79. The number of nitrogens with two attached hydrogens (primary N) is 1. The molecule has 0 aromatic rings. The van der Waals surface area contributed by atoms with Crippen LogP contribution in [0.15, 0.2) is 0 Å². The molecule has 0 aromatic carbocycles. The number of rotatable bonds is 3. The summed E-state index contributed by atoms with van der Waals surface area (Å²) in [5, 5.41) is 0. The molecule has 0 amide bonds. The van der Waals surface area contributed by atoms with Crippen LogP contribution in [-0.2, 0) is 9.47 Å². The van der Waals surface area contributed by atoms with Crippen LogP contribution in [0.4, 0.5) is 0 Å². The van der Waals surface area contributed by atoms with Gasteiger partial charge in [-0.1, -0.05) is 0 Å². The highest BCUT2D eigenvalue weighted by atomic mass is 16.5. The molecule has 0 aromatic heterocycles. The Kier molecular flexibility index (Phi) is 3.71. The molecule has 2 unspecified atom stereocenters. The van der Waals surface area contributed by atoms with Crippen molar-refractivity contribution in [2.45, 2.75) is 51.4 Å². The Morgan fingerprint density at radius 1 is 1.62 bits per heavy atom. The fourth-order valence-electron chi connectivity index (χ4n) is 1.61. The standard InChI is InChI=1S/C10H21NO2/c1-8(11)7-12-9-4-5-13-10(2,3)6-9/h8-9H,4-7,11H2,1-3H3. The summed E-state index contributed by atoms with van der Waals surface area (Å²) in [6, 6.07) is 0.131. The van der Waals surface area contributed by atoms with Gasteiger partial charge in [-0.3, -0.25) is 0 Å². The first-order chi connectivity index (χ1) is 5.99. The van der Waals surface area contributed by atoms with Crippen LogP contribution in [0, 0.1) is 0 Å². The lowest BCUT2D eigenvalue weighted by atomic mass is 9.96. The highest BCUT2D eigenvalue weighted by Crippen LogP contribution is 2.25. The summed E-state index contributed by atoms with van der Waals surface area (Å²) in [6.45, 7) is 7.63. The number of hydrogen-bond donors (Lipinski definition) is 1. The minimum absolute atomic E-state index is 0.0270. The van der Waals surface area contributed by atoms with E-state index in [9.17, 15) is 0 Å². The molecule has 0 spiro atoms. The second kappa shape index (κ2) is 4.40. The van der Waals surface area contributed by atoms with Crippen molar-refractivity contribution in [2.24, 2.45) is 5.73 Å². The van der Waals surface area contributed by atoms with Crippen molar-refractivity contribution in [3.8, 4) is 0 Å². The Morgan fingerprint density at radius 2 is 2.31 bits per heavy atom. The Bertz CT molecular complexity index is 157. The predicted molar refractivity (Wildman–Crippen MR) is 52.7 cm³/mol. The van der Waals surface area contributed by atoms with Gasteiger partial charge < -0.3 is 15.2 Å². The highest BCUT2D eigenvalue weighted by Gasteiger charge is 2.29. The van der Waals surface area contributed by atoms with E-state index in [1.54, 1.807) is 0 Å². The van der Waals surface area contributed by atoms with Gasteiger partial charge in [0, 0.05) is 19.1 Å². The minimum atomic E-state index is -0.0270. The van der Waals surface area contributed by atoms with Crippen LogP contribution in [0.1, 0.15) is 33.6 Å². The smallest absolute Gasteiger partial charge is 0.0651 e. The number of hydrogen-bond acceptors (Lipinski definition) is 3. The third-order valence-corrected chi connectivity index (χ3v) is 2.25. The van der Waals surface area contributed by atoms with Crippen molar-refractivity contribution >= 4 is 0 Å². The summed E-state index contributed by atoms with van der Waals surface area (Å²) >= 11 is 0. The average molecular weight is 187 g/mol. The van der Waals surface area contributed by atoms with E-state index in [4.69, 9.17) is 15.2 Å². The van der Waals surface area contributed by atoms with Crippen LogP contribution in [-0.4, -0.2) is 31.0 Å². The summed E-state index contributed by atoms with van der Waals surface area (Å²) in [5.41, 5.74) is 5.59. The van der Waals surface area contributed by atoms with Gasteiger partial charge in [-0.2, -0.15) is 0 Å². The van der Waals surface area contributed by atoms with Gasteiger partial charge in [0.15, 0.2) is 0 Å². The molecule has 0 saturated carbocycles. The Morgan fingerprint density at radius 3 is 2.85 bits per heavy atom. The van der Waals surface area contributed by atoms with Gasteiger partial charge in [-0.15, -0.1) is 0 Å². The predicted octanol–water partition coefficient (Wildman–Crippen LogP) is 1.31. The van der Waals surface area contributed by atoms with Crippen molar-refractivity contribution in [1.82, 2.24) is 0 Å². The monoisotopic (exact) mass is 187 g/mol. The maximum atomic E-state index is 5.67. The van der Waals surface area contributed by atoms with E-state index in [1.807, 2.05) is 6.92 Å². The maximum absolute atomic E-state index is 5.67. The lowest BCUT2D eigenvalue weighted by Gasteiger charge is -2.35. The van der Waals surface area contributed by atoms with E-state index < -0.39 is 0 Å². The van der Waals surface area contributed by atoms with Gasteiger partial charge in [0.25, 0.3) is 0 Å². The molecule has 2 atom stereocenters. The molecule has 1 aliphatic rings. The van der Waals surface area contributed by atoms with Crippen LogP contribution in [0.25, 0.3) is 0 Å². The van der Waals surface area contributed by atoms with Gasteiger partial charge in [0.1, 0.15) is 0 Å². The summed E-state index contributed by atoms with van der Waals surface area (Å²) in [6.07, 6.45) is 2.30. The molecule has 0 aliphatic carbocycles. The first-order valence-corrected chi connectivity index (χ1v) is 5.01. The van der Waals surface area contributed by atoms with Crippen LogP contribution < -0.4 is 5.73 Å². The van der Waals surface area contributed by atoms with Gasteiger partial charge in [0.2, 0.25) is 0 Å². The van der Waals surface area contributed by atoms with Crippen LogP contribution in [0.5, 0.6) is 0 Å². The topological polar surface area (TPSA) is 44.5 Å². The first kappa shape index (κ1) is 11.0. The quantitative estimate of drug-likeness (QED) is 0.724. The zero-order valence-corrected chi connectivity index (χ0v) is 8.88. The van der Waals surface area contributed by atoms with Crippen LogP contribution in [0.3, 0.4) is 0 Å². The minimum Gasteiger partial charge on any atom is -0.376 e. The first-order valence-electron chi connectivity index (χ1n) is 5.01. The molecule has 2 N–H and O–H groups in total. The average Bonchev–Trinajstić information content (AvgIpc) is 1.99. The summed E-state index contributed by atoms with van der Waals surface area (Å²) < 4.78 is 11.3. The molecule has 78 valence electrons. The molecule has 0 bridgehead atoms. The largest absolute Gasteiger partial charge is 0.376 e. The second-order valence-electron chi connectivity index (χ2n) is 4.53. The number of ether oxygens (including phenoxy) is 2. The lowest BCUT2D eigenvalue weighted by molar-refractivity contribution is -0.116. The normalized spacial score (nSPS) is 30.0. The van der Waals surface area contributed by atoms with E-state index in [2.05, 4.69) is 13.8 Å². The van der Waals surface area contributed by atoms with E-state index in [0.29, 0.717) is 12.7 Å². The third kappa shape index (κ3) is 4.07. The Balaban J connectivity index is 2.26. The molecule has 3 nitrogen and oxygen atoms in total.